The number of piperidine rings is 1. The number of carbonyl (C=O) groups excluding carboxylic acids is 1. The second kappa shape index (κ2) is 8.86. The van der Waals surface area contributed by atoms with Gasteiger partial charge in [-0.3, -0.25) is 4.79 Å². The van der Waals surface area contributed by atoms with Gasteiger partial charge in [0.15, 0.2) is 0 Å². The van der Waals surface area contributed by atoms with Crippen LogP contribution in [0.5, 0.6) is 0 Å². The van der Waals surface area contributed by atoms with Crippen molar-refractivity contribution in [3.8, 4) is 0 Å². The smallest absolute Gasteiger partial charge is 0.249 e. The van der Waals surface area contributed by atoms with Gasteiger partial charge in [0, 0.05) is 37.3 Å². The average molecular weight is 361 g/mol. The van der Waals surface area contributed by atoms with E-state index in [0.717, 1.165) is 55.9 Å². The molecule has 0 unspecified atom stereocenters. The van der Waals surface area contributed by atoms with Gasteiger partial charge in [-0.25, -0.2) is 0 Å². The molecule has 1 aliphatic heterocycles. The van der Waals surface area contributed by atoms with Gasteiger partial charge in [-0.05, 0) is 68.7 Å². The molecule has 1 heterocycles. The van der Waals surface area contributed by atoms with Crippen LogP contribution in [-0.2, 0) is 11.2 Å². The van der Waals surface area contributed by atoms with Crippen LogP contribution >= 0.6 is 11.6 Å². The number of hydrogen-bond donors (Lipinski definition) is 0. The number of nitrogens with zero attached hydrogens (tertiary/aromatic N) is 2. The van der Waals surface area contributed by atoms with Crippen molar-refractivity contribution in [3.05, 3.63) is 46.5 Å². The van der Waals surface area contributed by atoms with Crippen LogP contribution in [0.3, 0.4) is 0 Å². The number of halogens is 1. The van der Waals surface area contributed by atoms with E-state index in [0.29, 0.717) is 5.92 Å². The molecular weight excluding hydrogens is 332 g/mol. The average Bonchev–Trinajstić information content (AvgIpc) is 3.15. The molecule has 1 atom stereocenters. The van der Waals surface area contributed by atoms with Crippen molar-refractivity contribution < 1.29 is 4.79 Å². The zero-order chi connectivity index (χ0) is 17.6. The van der Waals surface area contributed by atoms with Crippen molar-refractivity contribution >= 4 is 17.5 Å². The molecule has 3 rings (SSSR count). The van der Waals surface area contributed by atoms with E-state index in [9.17, 15) is 4.79 Å². The molecule has 0 N–H and O–H groups in total. The highest BCUT2D eigenvalue weighted by Crippen LogP contribution is 2.22. The predicted octanol–water partition coefficient (Wildman–Crippen LogP) is 4.16. The van der Waals surface area contributed by atoms with Crippen LogP contribution in [-0.4, -0.2) is 48.9 Å². The third-order valence-electron chi connectivity index (χ3n) is 5.43. The van der Waals surface area contributed by atoms with Crippen LogP contribution in [0, 0.1) is 5.92 Å². The Kier molecular flexibility index (Phi) is 6.55. The standard InChI is InChI=1S/C21H29ClN2O/c1-23(21(25)19-6-2-3-7-19)15-18-5-4-13-24(16-18)14-12-17-8-10-20(22)11-9-17/h6,8-11,18H,2-5,7,12-16H2,1H3/t18-/m1/s1. The number of likely N-dealkylation sites (N-methyl/N-ethyl adjacent to an activating group) is 1. The lowest BCUT2D eigenvalue weighted by Crippen LogP contribution is -2.42. The number of rotatable bonds is 6. The van der Waals surface area contributed by atoms with E-state index in [1.54, 1.807) is 0 Å². The summed E-state index contributed by atoms with van der Waals surface area (Å²) in [4.78, 5) is 17.0. The first kappa shape index (κ1) is 18.5. The highest BCUT2D eigenvalue weighted by Gasteiger charge is 2.24. The second-order valence-corrected chi connectivity index (χ2v) is 7.93. The van der Waals surface area contributed by atoms with Gasteiger partial charge in [0.05, 0.1) is 0 Å². The molecule has 0 radical (unpaired) electrons. The third-order valence-corrected chi connectivity index (χ3v) is 5.68. The molecule has 1 amide bonds. The van der Waals surface area contributed by atoms with E-state index in [-0.39, 0.29) is 5.91 Å². The minimum absolute atomic E-state index is 0.246. The van der Waals surface area contributed by atoms with Gasteiger partial charge < -0.3 is 9.80 Å². The molecule has 3 nitrogen and oxygen atoms in total. The van der Waals surface area contributed by atoms with Crippen LogP contribution in [0.4, 0.5) is 0 Å². The van der Waals surface area contributed by atoms with Gasteiger partial charge in [0.2, 0.25) is 5.91 Å². The molecule has 0 aromatic heterocycles. The quantitative estimate of drug-likeness (QED) is 0.760. The number of allylic oxidation sites excluding steroid dienone is 1. The molecule has 0 bridgehead atoms. The summed E-state index contributed by atoms with van der Waals surface area (Å²) in [7, 11) is 1.97. The number of hydrogen-bond acceptors (Lipinski definition) is 2. The van der Waals surface area contributed by atoms with E-state index in [1.807, 2.05) is 24.1 Å². The van der Waals surface area contributed by atoms with E-state index in [1.165, 1.54) is 24.9 Å². The van der Waals surface area contributed by atoms with Crippen molar-refractivity contribution in [2.75, 3.05) is 33.2 Å². The van der Waals surface area contributed by atoms with Crippen LogP contribution in [0.2, 0.25) is 5.02 Å². The maximum Gasteiger partial charge on any atom is 0.249 e. The molecule has 1 aliphatic carbocycles. The number of amides is 1. The monoisotopic (exact) mass is 360 g/mol. The van der Waals surface area contributed by atoms with Crippen LogP contribution < -0.4 is 0 Å². The van der Waals surface area contributed by atoms with Crippen molar-refractivity contribution in [2.45, 2.75) is 38.5 Å². The summed E-state index contributed by atoms with van der Waals surface area (Å²) in [5.74, 6) is 0.839. The van der Waals surface area contributed by atoms with Crippen LogP contribution in [0.1, 0.15) is 37.7 Å². The van der Waals surface area contributed by atoms with Crippen molar-refractivity contribution in [2.24, 2.45) is 5.92 Å². The summed E-state index contributed by atoms with van der Waals surface area (Å²) in [5, 5.41) is 0.798. The molecule has 0 spiro atoms. The Hall–Kier alpha value is -1.32. The predicted molar refractivity (Wildman–Crippen MR) is 104 cm³/mol. The second-order valence-electron chi connectivity index (χ2n) is 7.49. The summed E-state index contributed by atoms with van der Waals surface area (Å²) in [5.41, 5.74) is 2.37. The summed E-state index contributed by atoms with van der Waals surface area (Å²) in [6.07, 6.45) is 8.81. The van der Waals surface area contributed by atoms with Gasteiger partial charge >= 0.3 is 0 Å². The van der Waals surface area contributed by atoms with Crippen LogP contribution in [0.25, 0.3) is 0 Å². The zero-order valence-electron chi connectivity index (χ0n) is 15.2. The molecule has 1 fully saturated rings. The fourth-order valence-electron chi connectivity index (χ4n) is 4.02. The Bertz CT molecular complexity index is 611. The molecule has 4 heteroatoms. The van der Waals surface area contributed by atoms with Gasteiger partial charge in [-0.2, -0.15) is 0 Å². The molecular formula is C21H29ClN2O. The Labute approximate surface area is 156 Å². The fourth-order valence-corrected chi connectivity index (χ4v) is 4.15. The number of benzene rings is 1. The minimum Gasteiger partial charge on any atom is -0.342 e. The summed E-state index contributed by atoms with van der Waals surface area (Å²) >= 11 is 5.95. The van der Waals surface area contributed by atoms with Crippen molar-refractivity contribution in [1.82, 2.24) is 9.80 Å². The topological polar surface area (TPSA) is 23.6 Å². The molecule has 0 saturated carbocycles. The van der Waals surface area contributed by atoms with Gasteiger partial charge in [0.25, 0.3) is 0 Å². The van der Waals surface area contributed by atoms with Gasteiger partial charge in [-0.15, -0.1) is 0 Å². The first-order chi connectivity index (χ1) is 12.1. The lowest BCUT2D eigenvalue weighted by Gasteiger charge is -2.35. The number of likely N-dealkylation sites (tertiary alicyclic amines) is 1. The molecule has 1 aromatic rings. The first-order valence-electron chi connectivity index (χ1n) is 9.53. The number of carbonyl (C=O) groups is 1. The maximum absolute atomic E-state index is 12.5. The SMILES string of the molecule is CN(C[C@H]1CCCN(CCc2ccc(Cl)cc2)C1)C(=O)C1=CCCC1. The van der Waals surface area contributed by atoms with Gasteiger partial charge in [-0.1, -0.05) is 29.8 Å². The van der Waals surface area contributed by atoms with Crippen molar-refractivity contribution in [1.29, 1.82) is 0 Å². The minimum atomic E-state index is 0.246. The normalized spacial score (nSPS) is 21.2. The van der Waals surface area contributed by atoms with E-state index >= 15 is 0 Å². The van der Waals surface area contributed by atoms with E-state index < -0.39 is 0 Å². The summed E-state index contributed by atoms with van der Waals surface area (Å²) in [6.45, 7) is 4.24. The Morgan fingerprint density at radius 2 is 2.08 bits per heavy atom. The van der Waals surface area contributed by atoms with Crippen molar-refractivity contribution in [3.63, 3.8) is 0 Å². The molecule has 1 aromatic carbocycles. The fraction of sp³-hybridized carbons (Fsp3) is 0.571. The molecule has 2 aliphatic rings. The zero-order valence-corrected chi connectivity index (χ0v) is 16.0. The van der Waals surface area contributed by atoms with E-state index in [2.05, 4.69) is 23.1 Å². The molecule has 1 saturated heterocycles. The largest absolute Gasteiger partial charge is 0.342 e. The highest BCUT2D eigenvalue weighted by atomic mass is 35.5. The maximum atomic E-state index is 12.5. The highest BCUT2D eigenvalue weighted by molar-refractivity contribution is 6.30. The Morgan fingerprint density at radius 3 is 2.80 bits per heavy atom. The summed E-state index contributed by atoms with van der Waals surface area (Å²) < 4.78 is 0. The summed E-state index contributed by atoms with van der Waals surface area (Å²) in [6, 6.07) is 8.17. The lowest BCUT2D eigenvalue weighted by molar-refractivity contribution is -0.126. The third kappa shape index (κ3) is 5.32. The van der Waals surface area contributed by atoms with Gasteiger partial charge in [0.1, 0.15) is 0 Å². The first-order valence-corrected chi connectivity index (χ1v) is 9.91. The Morgan fingerprint density at radius 1 is 1.28 bits per heavy atom. The molecule has 25 heavy (non-hydrogen) atoms. The van der Waals surface area contributed by atoms with E-state index in [4.69, 9.17) is 11.6 Å². The van der Waals surface area contributed by atoms with Crippen LogP contribution in [0.15, 0.2) is 35.9 Å². The molecule has 136 valence electrons. The Balaban J connectivity index is 1.45. The lowest BCUT2D eigenvalue weighted by atomic mass is 9.96.